The third-order valence-corrected chi connectivity index (χ3v) is 2.92. The number of hydrogen-bond donors (Lipinski definition) is 2. The van der Waals surface area contributed by atoms with Crippen molar-refractivity contribution in [1.82, 2.24) is 10.2 Å². The van der Waals surface area contributed by atoms with Gasteiger partial charge in [0.25, 0.3) is 0 Å². The van der Waals surface area contributed by atoms with Crippen molar-refractivity contribution in [3.8, 4) is 12.3 Å². The number of hydrogen-bond acceptors (Lipinski definition) is 3. The van der Waals surface area contributed by atoms with Gasteiger partial charge >= 0.3 is 12.0 Å². The van der Waals surface area contributed by atoms with Gasteiger partial charge in [0.1, 0.15) is 0 Å². The number of carboxylic acids is 1. The average Bonchev–Trinajstić information content (AvgIpc) is 2.38. The molecule has 1 aliphatic heterocycles. The number of urea groups is 1. The lowest BCUT2D eigenvalue weighted by molar-refractivity contribution is -0.139. The fourth-order valence-corrected chi connectivity index (χ4v) is 1.94. The van der Waals surface area contributed by atoms with Crippen LogP contribution in [0.25, 0.3) is 0 Å². The summed E-state index contributed by atoms with van der Waals surface area (Å²) in [4.78, 5) is 24.2. The molecule has 1 unspecified atom stereocenters. The van der Waals surface area contributed by atoms with Crippen molar-refractivity contribution < 1.29 is 19.4 Å². The van der Waals surface area contributed by atoms with Crippen LogP contribution in [-0.4, -0.2) is 54.4 Å². The first-order valence-electron chi connectivity index (χ1n) is 6.42. The van der Waals surface area contributed by atoms with Crippen molar-refractivity contribution in [3.63, 3.8) is 0 Å². The molecule has 2 N–H and O–H groups in total. The molecule has 0 saturated carbocycles. The van der Waals surface area contributed by atoms with E-state index in [0.29, 0.717) is 26.1 Å². The van der Waals surface area contributed by atoms with E-state index in [9.17, 15) is 9.59 Å². The van der Waals surface area contributed by atoms with E-state index < -0.39 is 12.0 Å². The fraction of sp³-hybridized carbons (Fsp3) is 0.692. The molecule has 1 rings (SSSR count). The van der Waals surface area contributed by atoms with Gasteiger partial charge in [-0.3, -0.25) is 4.79 Å². The molecule has 1 fully saturated rings. The van der Waals surface area contributed by atoms with E-state index in [1.54, 1.807) is 4.90 Å². The number of rotatable bonds is 6. The highest BCUT2D eigenvalue weighted by atomic mass is 16.5. The number of aliphatic carboxylic acids is 1. The molecule has 1 aliphatic rings. The van der Waals surface area contributed by atoms with Gasteiger partial charge in [-0.1, -0.05) is 0 Å². The number of carboxylic acid groups (broad SMARTS) is 1. The molecule has 0 aromatic carbocycles. The second-order valence-corrected chi connectivity index (χ2v) is 4.41. The number of ether oxygens (including phenoxy) is 1. The van der Waals surface area contributed by atoms with Crippen molar-refractivity contribution in [1.29, 1.82) is 0 Å². The lowest BCUT2D eigenvalue weighted by Gasteiger charge is -2.34. The third kappa shape index (κ3) is 5.62. The Balaban J connectivity index is 2.35. The van der Waals surface area contributed by atoms with Gasteiger partial charge in [-0.25, -0.2) is 4.79 Å². The van der Waals surface area contributed by atoms with Gasteiger partial charge in [-0.05, 0) is 12.8 Å². The minimum absolute atomic E-state index is 0.0927. The zero-order chi connectivity index (χ0) is 14.1. The molecule has 19 heavy (non-hydrogen) atoms. The van der Waals surface area contributed by atoms with Gasteiger partial charge in [0.15, 0.2) is 0 Å². The maximum absolute atomic E-state index is 11.9. The Hall–Kier alpha value is -1.74. The number of morpholine rings is 1. The first-order chi connectivity index (χ1) is 9.15. The summed E-state index contributed by atoms with van der Waals surface area (Å²) >= 11 is 0. The van der Waals surface area contributed by atoms with Crippen LogP contribution in [0.5, 0.6) is 0 Å². The van der Waals surface area contributed by atoms with E-state index in [2.05, 4.69) is 11.2 Å². The predicted octanol–water partition coefficient (Wildman–Crippen LogP) is 0.675. The Kier molecular flexibility index (Phi) is 6.75. The van der Waals surface area contributed by atoms with Crippen LogP contribution in [0.3, 0.4) is 0 Å². The number of terminal acetylenes is 1. The molecule has 0 aliphatic carbocycles. The number of unbranched alkanes of at least 4 members (excludes halogenated alkanes) is 2. The summed E-state index contributed by atoms with van der Waals surface area (Å²) in [5, 5.41) is 11.6. The van der Waals surface area contributed by atoms with E-state index >= 15 is 0 Å². The molecule has 106 valence electrons. The molecule has 0 bridgehead atoms. The molecule has 0 aromatic heterocycles. The van der Waals surface area contributed by atoms with Crippen LogP contribution in [0.15, 0.2) is 0 Å². The Morgan fingerprint density at radius 1 is 1.47 bits per heavy atom. The average molecular weight is 268 g/mol. The predicted molar refractivity (Wildman–Crippen MR) is 69.6 cm³/mol. The highest BCUT2D eigenvalue weighted by Crippen LogP contribution is 2.10. The monoisotopic (exact) mass is 268 g/mol. The minimum atomic E-state index is -0.928. The Bertz CT molecular complexity index is 351. The van der Waals surface area contributed by atoms with E-state index in [1.807, 2.05) is 0 Å². The molecular formula is C13H20N2O4. The Labute approximate surface area is 113 Å². The van der Waals surface area contributed by atoms with Gasteiger partial charge in [0.05, 0.1) is 25.7 Å². The van der Waals surface area contributed by atoms with Crippen LogP contribution >= 0.6 is 0 Å². The standard InChI is InChI=1S/C13H20N2O4/c1-2-3-4-5-6-14-13(18)15-7-8-19-10-11(15)9-12(16)17/h1,11H,3-10H2,(H,14,18)(H,16,17). The van der Waals surface area contributed by atoms with Crippen molar-refractivity contribution in [3.05, 3.63) is 0 Å². The molecular weight excluding hydrogens is 248 g/mol. The van der Waals surface area contributed by atoms with Crippen LogP contribution in [-0.2, 0) is 9.53 Å². The lowest BCUT2D eigenvalue weighted by Crippen LogP contribution is -2.53. The van der Waals surface area contributed by atoms with E-state index in [-0.39, 0.29) is 19.1 Å². The van der Waals surface area contributed by atoms with Crippen LogP contribution in [0.1, 0.15) is 25.7 Å². The number of amides is 2. The maximum Gasteiger partial charge on any atom is 0.317 e. The molecule has 2 amide bonds. The van der Waals surface area contributed by atoms with E-state index in [1.165, 1.54) is 0 Å². The Morgan fingerprint density at radius 3 is 2.95 bits per heavy atom. The van der Waals surface area contributed by atoms with Gasteiger partial charge in [0.2, 0.25) is 0 Å². The van der Waals surface area contributed by atoms with Crippen molar-refractivity contribution in [2.24, 2.45) is 0 Å². The molecule has 1 saturated heterocycles. The molecule has 0 radical (unpaired) electrons. The molecule has 0 spiro atoms. The highest BCUT2D eigenvalue weighted by molar-refractivity contribution is 5.76. The highest BCUT2D eigenvalue weighted by Gasteiger charge is 2.28. The quantitative estimate of drug-likeness (QED) is 0.548. The molecule has 6 heteroatoms. The molecule has 6 nitrogen and oxygen atoms in total. The SMILES string of the molecule is C#CCCCCNC(=O)N1CCOCC1CC(=O)O. The summed E-state index contributed by atoms with van der Waals surface area (Å²) in [5.41, 5.74) is 0. The van der Waals surface area contributed by atoms with Gasteiger partial charge in [-0.15, -0.1) is 12.3 Å². The van der Waals surface area contributed by atoms with Gasteiger partial charge in [0, 0.05) is 19.5 Å². The molecule has 1 atom stereocenters. The summed E-state index contributed by atoms with van der Waals surface area (Å²) < 4.78 is 5.21. The van der Waals surface area contributed by atoms with E-state index in [4.69, 9.17) is 16.3 Å². The van der Waals surface area contributed by atoms with Crippen LogP contribution < -0.4 is 5.32 Å². The zero-order valence-corrected chi connectivity index (χ0v) is 10.9. The third-order valence-electron chi connectivity index (χ3n) is 2.92. The van der Waals surface area contributed by atoms with Crippen molar-refractivity contribution in [2.75, 3.05) is 26.3 Å². The number of nitrogens with zero attached hydrogens (tertiary/aromatic N) is 1. The first kappa shape index (κ1) is 15.3. The van der Waals surface area contributed by atoms with Crippen LogP contribution in [0, 0.1) is 12.3 Å². The number of nitrogens with one attached hydrogen (secondary N) is 1. The first-order valence-corrected chi connectivity index (χ1v) is 6.42. The summed E-state index contributed by atoms with van der Waals surface area (Å²) in [6, 6.07) is -0.618. The maximum atomic E-state index is 11.9. The molecule has 0 aromatic rings. The van der Waals surface area contributed by atoms with Crippen LogP contribution in [0.2, 0.25) is 0 Å². The minimum Gasteiger partial charge on any atom is -0.481 e. The molecule has 1 heterocycles. The summed E-state index contributed by atoms with van der Waals surface area (Å²) in [5.74, 6) is 1.61. The van der Waals surface area contributed by atoms with Crippen LogP contribution in [0.4, 0.5) is 4.79 Å². The second-order valence-electron chi connectivity index (χ2n) is 4.41. The lowest BCUT2D eigenvalue weighted by atomic mass is 10.1. The topological polar surface area (TPSA) is 78.9 Å². The normalized spacial score (nSPS) is 18.7. The summed E-state index contributed by atoms with van der Waals surface area (Å²) in [7, 11) is 0. The Morgan fingerprint density at radius 2 is 2.26 bits per heavy atom. The zero-order valence-electron chi connectivity index (χ0n) is 10.9. The summed E-state index contributed by atoms with van der Waals surface area (Å²) in [6.07, 6.45) is 7.44. The second kappa shape index (κ2) is 8.38. The van der Waals surface area contributed by atoms with Gasteiger partial charge < -0.3 is 20.1 Å². The van der Waals surface area contributed by atoms with E-state index in [0.717, 1.165) is 12.8 Å². The van der Waals surface area contributed by atoms with Crippen molar-refractivity contribution in [2.45, 2.75) is 31.7 Å². The largest absolute Gasteiger partial charge is 0.481 e. The number of carbonyl (C=O) groups excluding carboxylic acids is 1. The van der Waals surface area contributed by atoms with Crippen molar-refractivity contribution >= 4 is 12.0 Å². The fourth-order valence-electron chi connectivity index (χ4n) is 1.94. The van der Waals surface area contributed by atoms with Gasteiger partial charge in [-0.2, -0.15) is 0 Å². The smallest absolute Gasteiger partial charge is 0.317 e. The summed E-state index contributed by atoms with van der Waals surface area (Å²) in [6.45, 7) is 1.70. The number of carbonyl (C=O) groups is 2.